The number of ether oxygens (including phenoxy) is 1. The minimum atomic E-state index is -0.618. The highest BCUT2D eigenvalue weighted by atomic mass is 19.1. The van der Waals surface area contributed by atoms with Gasteiger partial charge in [-0.3, -0.25) is 9.59 Å². The number of anilines is 1. The van der Waals surface area contributed by atoms with Crippen molar-refractivity contribution >= 4 is 17.5 Å². The van der Waals surface area contributed by atoms with Crippen LogP contribution in [-0.4, -0.2) is 18.9 Å². The van der Waals surface area contributed by atoms with Gasteiger partial charge in [0.1, 0.15) is 11.6 Å². The number of halogens is 1. The molecule has 0 saturated carbocycles. The number of methoxy groups -OCH3 is 1. The van der Waals surface area contributed by atoms with E-state index in [1.807, 2.05) is 24.3 Å². The molecule has 0 aromatic heterocycles. The fourth-order valence-electron chi connectivity index (χ4n) is 2.73. The number of fused-ring (bicyclic) bond motifs is 1. The summed E-state index contributed by atoms with van der Waals surface area (Å²) in [6, 6.07) is 11.4. The van der Waals surface area contributed by atoms with E-state index in [1.165, 1.54) is 12.1 Å². The van der Waals surface area contributed by atoms with E-state index in [4.69, 9.17) is 4.74 Å². The van der Waals surface area contributed by atoms with Crippen LogP contribution in [0.2, 0.25) is 0 Å². The van der Waals surface area contributed by atoms with Crippen molar-refractivity contribution in [2.75, 3.05) is 12.4 Å². The highest BCUT2D eigenvalue weighted by Crippen LogP contribution is 2.32. The Labute approximate surface area is 138 Å². The summed E-state index contributed by atoms with van der Waals surface area (Å²) < 4.78 is 18.4. The lowest BCUT2D eigenvalue weighted by Gasteiger charge is -2.25. The Hall–Kier alpha value is -2.89. The summed E-state index contributed by atoms with van der Waals surface area (Å²) in [5, 5.41) is 5.43. The topological polar surface area (TPSA) is 67.4 Å². The average molecular weight is 328 g/mol. The molecule has 5 nitrogen and oxygen atoms in total. The molecule has 0 aliphatic carbocycles. The van der Waals surface area contributed by atoms with Crippen molar-refractivity contribution in [2.24, 2.45) is 0 Å². The second-order valence-electron chi connectivity index (χ2n) is 5.60. The number of hydrogen-bond acceptors (Lipinski definition) is 3. The van der Waals surface area contributed by atoms with Crippen molar-refractivity contribution in [2.45, 2.75) is 18.9 Å². The quantitative estimate of drug-likeness (QED) is 0.906. The van der Waals surface area contributed by atoms with E-state index in [0.29, 0.717) is 17.8 Å². The van der Waals surface area contributed by atoms with Crippen LogP contribution in [0.1, 0.15) is 23.5 Å². The Morgan fingerprint density at radius 1 is 1.29 bits per heavy atom. The van der Waals surface area contributed by atoms with Gasteiger partial charge in [0, 0.05) is 18.7 Å². The Bertz CT molecular complexity index is 774. The van der Waals surface area contributed by atoms with Crippen LogP contribution in [0.4, 0.5) is 10.1 Å². The number of rotatable bonds is 4. The normalized spacial score (nSPS) is 16.1. The van der Waals surface area contributed by atoms with Gasteiger partial charge in [-0.2, -0.15) is 0 Å². The highest BCUT2D eigenvalue weighted by molar-refractivity contribution is 6.01. The molecule has 1 aliphatic heterocycles. The first kappa shape index (κ1) is 16.0. The zero-order valence-corrected chi connectivity index (χ0v) is 13.1. The van der Waals surface area contributed by atoms with Crippen LogP contribution in [0, 0.1) is 5.82 Å². The summed E-state index contributed by atoms with van der Waals surface area (Å²) in [7, 11) is 1.59. The minimum Gasteiger partial charge on any atom is -0.497 e. The van der Waals surface area contributed by atoms with Crippen LogP contribution >= 0.6 is 0 Å². The lowest BCUT2D eigenvalue weighted by Crippen LogP contribution is -2.34. The molecule has 0 fully saturated rings. The first-order valence-electron chi connectivity index (χ1n) is 7.57. The molecule has 2 aromatic rings. The smallest absolute Gasteiger partial charge is 0.228 e. The number of carbonyl (C=O) groups excluding carboxylic acids is 2. The molecule has 1 aliphatic rings. The molecule has 0 spiro atoms. The van der Waals surface area contributed by atoms with Crippen LogP contribution in [0.25, 0.3) is 0 Å². The molecule has 0 saturated heterocycles. The van der Waals surface area contributed by atoms with Crippen molar-refractivity contribution in [3.05, 3.63) is 59.4 Å². The molecule has 0 bridgehead atoms. The Kier molecular flexibility index (Phi) is 4.46. The molecule has 2 N–H and O–H groups in total. The first-order valence-corrected chi connectivity index (χ1v) is 7.57. The van der Waals surface area contributed by atoms with Crippen molar-refractivity contribution in [1.29, 1.82) is 0 Å². The van der Waals surface area contributed by atoms with Crippen molar-refractivity contribution in [1.82, 2.24) is 5.32 Å². The van der Waals surface area contributed by atoms with Gasteiger partial charge >= 0.3 is 0 Å². The first-order chi connectivity index (χ1) is 11.6. The summed E-state index contributed by atoms with van der Waals surface area (Å²) >= 11 is 0. The number of nitrogens with one attached hydrogen (secondary N) is 2. The molecule has 6 heteroatoms. The Morgan fingerprint density at radius 2 is 2.04 bits per heavy atom. The minimum absolute atomic E-state index is 0.0487. The van der Waals surface area contributed by atoms with Gasteiger partial charge in [-0.15, -0.1) is 0 Å². The molecular formula is C18H17FN2O3. The molecule has 124 valence electrons. The monoisotopic (exact) mass is 328 g/mol. The number of benzene rings is 2. The predicted molar refractivity (Wildman–Crippen MR) is 87.2 cm³/mol. The largest absolute Gasteiger partial charge is 0.497 e. The summed E-state index contributed by atoms with van der Waals surface area (Å²) in [6.07, 6.45) is 0.0487. The number of amides is 2. The standard InChI is InChI=1S/C18H17FN2O3/c1-24-13-5-2-11(3-6-13)10-20-18(23)15-9-17(22)21-16-8-12(19)4-7-14(15)16/h2-8,15H,9-10H2,1H3,(H,20,23)(H,21,22). The van der Waals surface area contributed by atoms with Crippen LogP contribution < -0.4 is 15.4 Å². The van der Waals surface area contributed by atoms with E-state index in [0.717, 1.165) is 11.3 Å². The molecule has 1 atom stereocenters. The van der Waals surface area contributed by atoms with Gasteiger partial charge in [0.25, 0.3) is 0 Å². The van der Waals surface area contributed by atoms with Crippen LogP contribution in [0.5, 0.6) is 5.75 Å². The molecule has 1 unspecified atom stereocenters. The van der Waals surface area contributed by atoms with Crippen LogP contribution in [0.15, 0.2) is 42.5 Å². The van der Waals surface area contributed by atoms with E-state index >= 15 is 0 Å². The second-order valence-corrected chi connectivity index (χ2v) is 5.60. The Morgan fingerprint density at radius 3 is 2.75 bits per heavy atom. The molecule has 1 heterocycles. The van der Waals surface area contributed by atoms with Crippen LogP contribution in [0.3, 0.4) is 0 Å². The fraction of sp³-hybridized carbons (Fsp3) is 0.222. The van der Waals surface area contributed by atoms with Gasteiger partial charge in [0.2, 0.25) is 11.8 Å². The van der Waals surface area contributed by atoms with E-state index in [-0.39, 0.29) is 18.2 Å². The van der Waals surface area contributed by atoms with Gasteiger partial charge in [-0.25, -0.2) is 4.39 Å². The van der Waals surface area contributed by atoms with Gasteiger partial charge < -0.3 is 15.4 Å². The van der Waals surface area contributed by atoms with E-state index in [1.54, 1.807) is 13.2 Å². The molecule has 2 aromatic carbocycles. The third-order valence-corrected chi connectivity index (χ3v) is 4.00. The maximum Gasteiger partial charge on any atom is 0.228 e. The highest BCUT2D eigenvalue weighted by Gasteiger charge is 2.30. The molecular weight excluding hydrogens is 311 g/mol. The Balaban J connectivity index is 1.71. The van der Waals surface area contributed by atoms with E-state index in [9.17, 15) is 14.0 Å². The molecule has 3 rings (SSSR count). The summed E-state index contributed by atoms with van der Waals surface area (Å²) in [5.74, 6) is -0.878. The van der Waals surface area contributed by atoms with Crippen LogP contribution in [-0.2, 0) is 16.1 Å². The molecule has 2 amide bonds. The second kappa shape index (κ2) is 6.70. The number of hydrogen-bond donors (Lipinski definition) is 2. The van der Waals surface area contributed by atoms with Gasteiger partial charge in [-0.1, -0.05) is 18.2 Å². The lowest BCUT2D eigenvalue weighted by atomic mass is 9.89. The van der Waals surface area contributed by atoms with Crippen molar-refractivity contribution in [3.63, 3.8) is 0 Å². The van der Waals surface area contributed by atoms with E-state index in [2.05, 4.69) is 10.6 Å². The zero-order valence-electron chi connectivity index (χ0n) is 13.1. The summed E-state index contributed by atoms with van der Waals surface area (Å²) in [6.45, 7) is 0.345. The molecule has 0 radical (unpaired) electrons. The van der Waals surface area contributed by atoms with E-state index < -0.39 is 11.7 Å². The molecule has 24 heavy (non-hydrogen) atoms. The maximum atomic E-state index is 13.3. The zero-order chi connectivity index (χ0) is 17.1. The predicted octanol–water partition coefficient (Wildman–Crippen LogP) is 2.58. The van der Waals surface area contributed by atoms with Crippen molar-refractivity contribution < 1.29 is 18.7 Å². The fourth-order valence-corrected chi connectivity index (χ4v) is 2.73. The SMILES string of the molecule is COc1ccc(CNC(=O)C2CC(=O)Nc3cc(F)ccc32)cc1. The third-order valence-electron chi connectivity index (χ3n) is 4.00. The van der Waals surface area contributed by atoms with Gasteiger partial charge in [0.05, 0.1) is 13.0 Å². The third kappa shape index (κ3) is 3.37. The summed E-state index contributed by atoms with van der Waals surface area (Å²) in [5.41, 5.74) is 1.91. The maximum absolute atomic E-state index is 13.3. The number of carbonyl (C=O) groups is 2. The summed E-state index contributed by atoms with van der Waals surface area (Å²) in [4.78, 5) is 24.2. The lowest BCUT2D eigenvalue weighted by molar-refractivity contribution is -0.126. The van der Waals surface area contributed by atoms with Gasteiger partial charge in [0.15, 0.2) is 0 Å². The average Bonchev–Trinajstić information content (AvgIpc) is 2.59. The van der Waals surface area contributed by atoms with Crippen molar-refractivity contribution in [3.8, 4) is 5.75 Å². The van der Waals surface area contributed by atoms with Gasteiger partial charge in [-0.05, 0) is 35.4 Å².